The largest absolute Gasteiger partial charge is 0.461 e. The number of fused-ring (bicyclic) bond motifs is 7. The molecule has 0 radical (unpaired) electrons. The topological polar surface area (TPSA) is 46.6 Å². The Balaban J connectivity index is 1.45. The second kappa shape index (κ2) is 8.93. The molecule has 1 aromatic heterocycles. The van der Waals surface area contributed by atoms with Gasteiger partial charge in [0.25, 0.3) is 12.0 Å². The van der Waals surface area contributed by atoms with Crippen LogP contribution in [0, 0.1) is 0 Å². The maximum atomic E-state index is 10.7. The summed E-state index contributed by atoms with van der Waals surface area (Å²) in [6.07, 6.45) is 6.22. The van der Waals surface area contributed by atoms with E-state index in [2.05, 4.69) is 86.5 Å². The van der Waals surface area contributed by atoms with Crippen LogP contribution >= 0.6 is 0 Å². The van der Waals surface area contributed by atoms with Gasteiger partial charge in [0.05, 0.1) is 11.8 Å². The number of hydrogen-bond donors (Lipinski definition) is 0. The molecule has 0 bridgehead atoms. The van der Waals surface area contributed by atoms with Crippen LogP contribution < -0.4 is 9.47 Å². The number of likely N-dealkylation sites (N-methyl/N-ethyl adjacent to an activating group) is 1. The first-order valence-electron chi connectivity index (χ1n) is 12.6. The van der Waals surface area contributed by atoms with Gasteiger partial charge in [0.1, 0.15) is 0 Å². The number of oxazole rings is 1. The molecule has 6 rings (SSSR count). The van der Waals surface area contributed by atoms with Crippen molar-refractivity contribution in [1.29, 1.82) is 0 Å². The molecule has 0 unspecified atom stereocenters. The quantitative estimate of drug-likeness (QED) is 0.118. The summed E-state index contributed by atoms with van der Waals surface area (Å²) in [6.45, 7) is 5.88. The Bertz CT molecular complexity index is 1730. The van der Waals surface area contributed by atoms with Crippen molar-refractivity contribution in [3.8, 4) is 0 Å². The predicted octanol–water partition coefficient (Wildman–Crippen LogP) is 6.52. The molecular formula is C32H29N2O3+. The Labute approximate surface area is 215 Å². The average Bonchev–Trinajstić information content (AvgIpc) is 3.36. The van der Waals surface area contributed by atoms with E-state index in [1.807, 2.05) is 34.9 Å². The van der Waals surface area contributed by atoms with Crippen LogP contribution in [-0.2, 0) is 21.5 Å². The molecule has 1 aliphatic rings. The number of para-hydroxylation sites is 2. The Kier molecular flexibility index (Phi) is 5.56. The van der Waals surface area contributed by atoms with Crippen molar-refractivity contribution in [2.75, 3.05) is 18.6 Å². The molecule has 0 fully saturated rings. The first kappa shape index (κ1) is 23.0. The van der Waals surface area contributed by atoms with E-state index >= 15 is 0 Å². The van der Waals surface area contributed by atoms with Gasteiger partial charge in [-0.25, -0.2) is 0 Å². The summed E-state index contributed by atoms with van der Waals surface area (Å²) in [5.41, 5.74) is 5.40. The lowest BCUT2D eigenvalue weighted by Crippen LogP contribution is -2.37. The molecule has 0 N–H and O–H groups in total. The fourth-order valence-corrected chi connectivity index (χ4v) is 5.91. The zero-order valence-electron chi connectivity index (χ0n) is 21.3. The third kappa shape index (κ3) is 3.61. The second-order valence-corrected chi connectivity index (χ2v) is 9.94. The molecule has 1 aliphatic heterocycles. The van der Waals surface area contributed by atoms with Crippen molar-refractivity contribution in [3.63, 3.8) is 0 Å². The lowest BCUT2D eigenvalue weighted by atomic mass is 9.80. The summed E-state index contributed by atoms with van der Waals surface area (Å²) in [5.74, 6) is 0.708. The smallest absolute Gasteiger partial charge is 0.374 e. The number of benzene rings is 4. The molecule has 0 saturated carbocycles. The highest BCUT2D eigenvalue weighted by atomic mass is 16.5. The van der Waals surface area contributed by atoms with E-state index in [0.717, 1.165) is 11.1 Å². The summed E-state index contributed by atoms with van der Waals surface area (Å²) in [5, 5.41) is 5.13. The van der Waals surface area contributed by atoms with Gasteiger partial charge in [-0.15, -0.1) is 0 Å². The van der Waals surface area contributed by atoms with Crippen molar-refractivity contribution in [2.24, 2.45) is 0 Å². The number of allylic oxidation sites excluding steroid dienone is 3. The van der Waals surface area contributed by atoms with Gasteiger partial charge in [0, 0.05) is 29.6 Å². The molecule has 2 heterocycles. The summed E-state index contributed by atoms with van der Waals surface area (Å²) >= 11 is 0. The highest BCUT2D eigenvalue weighted by Crippen LogP contribution is 2.53. The number of carbonyl (C=O) groups excluding carboxylic acids is 1. The van der Waals surface area contributed by atoms with Gasteiger partial charge in [-0.05, 0) is 33.9 Å². The van der Waals surface area contributed by atoms with Crippen LogP contribution in [0.2, 0.25) is 0 Å². The van der Waals surface area contributed by atoms with Crippen LogP contribution in [-0.4, -0.2) is 20.1 Å². The number of hydrogen-bond acceptors (Lipinski definition) is 4. The van der Waals surface area contributed by atoms with Crippen molar-refractivity contribution in [2.45, 2.75) is 25.8 Å². The van der Waals surface area contributed by atoms with Crippen LogP contribution in [0.5, 0.6) is 0 Å². The van der Waals surface area contributed by atoms with Crippen LogP contribution in [0.3, 0.4) is 0 Å². The second-order valence-electron chi connectivity index (χ2n) is 9.94. The maximum Gasteiger partial charge on any atom is 0.374 e. The summed E-state index contributed by atoms with van der Waals surface area (Å²) in [6, 6.07) is 25.3. The Morgan fingerprint density at radius 2 is 1.57 bits per heavy atom. The fourth-order valence-electron chi connectivity index (χ4n) is 5.91. The first-order chi connectivity index (χ1) is 18.0. The predicted molar refractivity (Wildman–Crippen MR) is 148 cm³/mol. The molecule has 4 aromatic carbocycles. The third-order valence-electron chi connectivity index (χ3n) is 7.50. The van der Waals surface area contributed by atoms with E-state index in [1.165, 1.54) is 38.5 Å². The van der Waals surface area contributed by atoms with Gasteiger partial charge < -0.3 is 14.1 Å². The minimum absolute atomic E-state index is 0.195. The van der Waals surface area contributed by atoms with Crippen LogP contribution in [0.15, 0.2) is 95.1 Å². The van der Waals surface area contributed by atoms with Gasteiger partial charge in [-0.2, -0.15) is 4.57 Å². The van der Waals surface area contributed by atoms with Crippen molar-refractivity contribution >= 4 is 50.9 Å². The number of rotatable bonds is 6. The van der Waals surface area contributed by atoms with E-state index in [9.17, 15) is 4.79 Å². The average molecular weight is 490 g/mol. The number of aromatic nitrogens is 1. The van der Waals surface area contributed by atoms with Crippen molar-refractivity contribution < 1.29 is 18.5 Å². The normalized spacial score (nSPS) is 15.9. The standard InChI is InChI=1S/C32H29N2O3/c1-32(2)28(17-10-18-29-34(19-20-36-21-35)26-15-8-9-16-27(26)37-29)33(3)31-25-14-7-5-12-23(25)22-11-4-6-13-24(22)30(31)32/h4-18,21H,19-20H2,1-3H3/q+1. The molecule has 0 aliphatic carbocycles. The van der Waals surface area contributed by atoms with Gasteiger partial charge in [0.2, 0.25) is 5.58 Å². The molecule has 5 nitrogen and oxygen atoms in total. The Morgan fingerprint density at radius 3 is 2.32 bits per heavy atom. The molecule has 37 heavy (non-hydrogen) atoms. The molecular weight excluding hydrogens is 460 g/mol. The third-order valence-corrected chi connectivity index (χ3v) is 7.50. The van der Waals surface area contributed by atoms with E-state index in [-0.39, 0.29) is 12.0 Å². The van der Waals surface area contributed by atoms with Gasteiger partial charge in [-0.1, -0.05) is 80.6 Å². The molecule has 0 atom stereocenters. The van der Waals surface area contributed by atoms with Crippen LogP contribution in [0.1, 0.15) is 25.3 Å². The number of nitrogens with zero attached hydrogens (tertiary/aromatic N) is 2. The highest BCUT2D eigenvalue weighted by molar-refractivity contribution is 6.17. The van der Waals surface area contributed by atoms with Crippen molar-refractivity contribution in [1.82, 2.24) is 0 Å². The maximum absolute atomic E-state index is 10.7. The van der Waals surface area contributed by atoms with Crippen LogP contribution in [0.4, 0.5) is 5.69 Å². The number of anilines is 1. The fraction of sp³-hybridized carbons (Fsp3) is 0.188. The lowest BCUT2D eigenvalue weighted by Gasteiger charge is -2.24. The monoisotopic (exact) mass is 489 g/mol. The Morgan fingerprint density at radius 1 is 0.919 bits per heavy atom. The summed E-state index contributed by atoms with van der Waals surface area (Å²) < 4.78 is 13.1. The highest BCUT2D eigenvalue weighted by Gasteiger charge is 2.41. The van der Waals surface area contributed by atoms with Gasteiger partial charge >= 0.3 is 5.89 Å². The van der Waals surface area contributed by atoms with Gasteiger partial charge in [0.15, 0.2) is 13.2 Å². The Hall–Kier alpha value is -4.38. The molecule has 0 amide bonds. The minimum Gasteiger partial charge on any atom is -0.461 e. The lowest BCUT2D eigenvalue weighted by molar-refractivity contribution is -0.679. The van der Waals surface area contributed by atoms with E-state index in [1.54, 1.807) is 0 Å². The zero-order valence-corrected chi connectivity index (χ0v) is 21.3. The first-order valence-corrected chi connectivity index (χ1v) is 12.6. The minimum atomic E-state index is -0.195. The molecule has 5 heteroatoms. The number of ether oxygens (including phenoxy) is 1. The molecule has 5 aromatic rings. The summed E-state index contributed by atoms with van der Waals surface area (Å²) in [4.78, 5) is 13.0. The molecule has 0 spiro atoms. The summed E-state index contributed by atoms with van der Waals surface area (Å²) in [7, 11) is 2.16. The SMILES string of the molecule is CN1/C(=C\C=C\c2oc3ccccc3[n+]2CCOC=O)C(C)(C)c2c1c1ccccc1c1ccccc21. The number of carbonyl (C=O) groups is 1. The van der Waals surface area contributed by atoms with E-state index in [0.29, 0.717) is 18.9 Å². The van der Waals surface area contributed by atoms with Gasteiger partial charge in [-0.3, -0.25) is 4.79 Å². The molecule has 0 saturated heterocycles. The zero-order chi connectivity index (χ0) is 25.6. The van der Waals surface area contributed by atoms with Crippen molar-refractivity contribution in [3.05, 3.63) is 102 Å². The molecule has 184 valence electrons. The van der Waals surface area contributed by atoms with Crippen LogP contribution in [0.25, 0.3) is 38.7 Å². The van der Waals surface area contributed by atoms with E-state index in [4.69, 9.17) is 9.15 Å². The van der Waals surface area contributed by atoms with E-state index < -0.39 is 0 Å².